The van der Waals surface area contributed by atoms with Crippen molar-refractivity contribution >= 4 is 27.5 Å². The molecule has 1 aromatic rings. The lowest BCUT2D eigenvalue weighted by molar-refractivity contribution is -0.120. The maximum Gasteiger partial charge on any atom is 0.233 e. The minimum atomic E-state index is -3.30. The third kappa shape index (κ3) is 5.62. The molecule has 1 atom stereocenters. The molecule has 0 heterocycles. The number of nitrogens with two attached hydrogens (primary N) is 1. The number of nitrogens with one attached hydrogen (secondary N) is 1. The highest BCUT2D eigenvalue weighted by Crippen LogP contribution is 2.30. The van der Waals surface area contributed by atoms with E-state index in [1.165, 1.54) is 11.8 Å². The molecule has 124 valence electrons. The highest BCUT2D eigenvalue weighted by molar-refractivity contribution is 8.01. The van der Waals surface area contributed by atoms with Crippen LogP contribution in [0.2, 0.25) is 0 Å². The standard InChI is InChI=1S/C15H24N2O3S2/c1-3-11-22(19,20)14-8-5-4-7-13(14)21-12(2)15(18)17-10-6-9-16/h4-5,7-8,12H,3,6,9-11,16H2,1-2H3,(H,17,18). The van der Waals surface area contributed by atoms with Crippen LogP contribution in [0.4, 0.5) is 0 Å². The van der Waals surface area contributed by atoms with Crippen LogP contribution in [0.3, 0.4) is 0 Å². The summed E-state index contributed by atoms with van der Waals surface area (Å²) >= 11 is 1.27. The highest BCUT2D eigenvalue weighted by atomic mass is 32.2. The third-order valence-electron chi connectivity index (χ3n) is 3.01. The number of hydrogen-bond donors (Lipinski definition) is 2. The van der Waals surface area contributed by atoms with E-state index in [1.807, 2.05) is 6.92 Å². The van der Waals surface area contributed by atoms with Crippen LogP contribution >= 0.6 is 11.8 Å². The van der Waals surface area contributed by atoms with E-state index >= 15 is 0 Å². The van der Waals surface area contributed by atoms with Gasteiger partial charge in [0, 0.05) is 11.4 Å². The van der Waals surface area contributed by atoms with Gasteiger partial charge in [-0.05, 0) is 38.4 Å². The van der Waals surface area contributed by atoms with Gasteiger partial charge in [0.25, 0.3) is 0 Å². The van der Waals surface area contributed by atoms with Gasteiger partial charge in [0.15, 0.2) is 9.84 Å². The summed E-state index contributed by atoms with van der Waals surface area (Å²) in [4.78, 5) is 12.9. The average molecular weight is 345 g/mol. The van der Waals surface area contributed by atoms with Crippen molar-refractivity contribution in [3.8, 4) is 0 Å². The molecule has 1 rings (SSSR count). The van der Waals surface area contributed by atoms with Crippen LogP contribution in [-0.2, 0) is 14.6 Å². The Bertz CT molecular complexity index is 588. The second-order valence-corrected chi connectivity index (χ2v) is 8.42. The molecule has 5 nitrogen and oxygen atoms in total. The lowest BCUT2D eigenvalue weighted by Crippen LogP contribution is -2.32. The van der Waals surface area contributed by atoms with Crippen LogP contribution in [-0.4, -0.2) is 38.4 Å². The van der Waals surface area contributed by atoms with E-state index in [-0.39, 0.29) is 16.9 Å². The van der Waals surface area contributed by atoms with Crippen LogP contribution in [0.1, 0.15) is 26.7 Å². The monoisotopic (exact) mass is 344 g/mol. The van der Waals surface area contributed by atoms with E-state index in [0.717, 1.165) is 6.42 Å². The summed E-state index contributed by atoms with van der Waals surface area (Å²) in [7, 11) is -3.30. The normalized spacial score (nSPS) is 12.9. The van der Waals surface area contributed by atoms with Crippen molar-refractivity contribution in [2.24, 2.45) is 5.73 Å². The van der Waals surface area contributed by atoms with Gasteiger partial charge in [-0.25, -0.2) is 8.42 Å². The molecule has 0 fully saturated rings. The van der Waals surface area contributed by atoms with Gasteiger partial charge in [-0.1, -0.05) is 19.1 Å². The minimum absolute atomic E-state index is 0.110. The van der Waals surface area contributed by atoms with Gasteiger partial charge in [0.1, 0.15) is 0 Å². The highest BCUT2D eigenvalue weighted by Gasteiger charge is 2.21. The van der Waals surface area contributed by atoms with E-state index in [0.29, 0.717) is 29.3 Å². The van der Waals surface area contributed by atoms with Gasteiger partial charge in [0.05, 0.1) is 15.9 Å². The molecule has 1 unspecified atom stereocenters. The van der Waals surface area contributed by atoms with Crippen molar-refractivity contribution in [3.63, 3.8) is 0 Å². The topological polar surface area (TPSA) is 89.3 Å². The zero-order chi connectivity index (χ0) is 16.6. The first-order valence-corrected chi connectivity index (χ1v) is 9.91. The van der Waals surface area contributed by atoms with Crippen molar-refractivity contribution < 1.29 is 13.2 Å². The molecule has 1 amide bonds. The molecular weight excluding hydrogens is 320 g/mol. The number of thioether (sulfide) groups is 1. The Morgan fingerprint density at radius 3 is 2.68 bits per heavy atom. The molecule has 0 aliphatic rings. The van der Waals surface area contributed by atoms with E-state index in [2.05, 4.69) is 5.32 Å². The van der Waals surface area contributed by atoms with Crippen LogP contribution in [0.15, 0.2) is 34.1 Å². The average Bonchev–Trinajstić information content (AvgIpc) is 2.47. The van der Waals surface area contributed by atoms with Gasteiger partial charge in [-0.3, -0.25) is 4.79 Å². The smallest absolute Gasteiger partial charge is 0.233 e. The van der Waals surface area contributed by atoms with Crippen LogP contribution in [0.25, 0.3) is 0 Å². The lowest BCUT2D eigenvalue weighted by atomic mass is 10.4. The quantitative estimate of drug-likeness (QED) is 0.527. The van der Waals surface area contributed by atoms with Gasteiger partial charge < -0.3 is 11.1 Å². The summed E-state index contributed by atoms with van der Waals surface area (Å²) in [5, 5.41) is 2.43. The molecule has 7 heteroatoms. The predicted octanol–water partition coefficient (Wildman–Crippen LogP) is 1.82. The first-order chi connectivity index (χ1) is 10.4. The lowest BCUT2D eigenvalue weighted by Gasteiger charge is -2.14. The second kappa shape index (κ2) is 9.17. The zero-order valence-electron chi connectivity index (χ0n) is 13.0. The fourth-order valence-corrected chi connectivity index (χ4v) is 4.74. The Morgan fingerprint density at radius 1 is 1.36 bits per heavy atom. The number of hydrogen-bond acceptors (Lipinski definition) is 5. The van der Waals surface area contributed by atoms with Crippen LogP contribution < -0.4 is 11.1 Å². The molecule has 0 aliphatic heterocycles. The van der Waals surface area contributed by atoms with Crippen molar-refractivity contribution in [2.75, 3.05) is 18.8 Å². The predicted molar refractivity (Wildman–Crippen MR) is 90.8 cm³/mol. The maximum atomic E-state index is 12.3. The fraction of sp³-hybridized carbons (Fsp3) is 0.533. The molecule has 0 bridgehead atoms. The first kappa shape index (κ1) is 19.0. The van der Waals surface area contributed by atoms with Crippen molar-refractivity contribution in [3.05, 3.63) is 24.3 Å². The molecule has 3 N–H and O–H groups in total. The Balaban J connectivity index is 2.84. The van der Waals surface area contributed by atoms with Gasteiger partial charge in [-0.2, -0.15) is 0 Å². The largest absolute Gasteiger partial charge is 0.355 e. The molecule has 0 saturated heterocycles. The number of carbonyl (C=O) groups is 1. The Hall–Kier alpha value is -1.05. The number of sulfone groups is 1. The second-order valence-electron chi connectivity index (χ2n) is 4.96. The van der Waals surface area contributed by atoms with E-state index < -0.39 is 9.84 Å². The molecule has 22 heavy (non-hydrogen) atoms. The van der Waals surface area contributed by atoms with Crippen molar-refractivity contribution in [1.29, 1.82) is 0 Å². The Morgan fingerprint density at radius 2 is 2.05 bits per heavy atom. The molecule has 1 aromatic carbocycles. The summed E-state index contributed by atoms with van der Waals surface area (Å²) in [5.74, 6) is 0.00270. The SMILES string of the molecule is CCCS(=O)(=O)c1ccccc1SC(C)C(=O)NCCCN. The van der Waals surface area contributed by atoms with Crippen molar-refractivity contribution in [1.82, 2.24) is 5.32 Å². The van der Waals surface area contributed by atoms with Crippen molar-refractivity contribution in [2.45, 2.75) is 41.7 Å². The summed E-state index contributed by atoms with van der Waals surface area (Å²) in [6.45, 7) is 4.67. The summed E-state index contributed by atoms with van der Waals surface area (Å²) in [6.07, 6.45) is 1.29. The minimum Gasteiger partial charge on any atom is -0.355 e. The number of carbonyl (C=O) groups excluding carboxylic acids is 1. The first-order valence-electron chi connectivity index (χ1n) is 7.38. The molecule has 0 aliphatic carbocycles. The van der Waals surface area contributed by atoms with Gasteiger partial charge in [0.2, 0.25) is 5.91 Å². The molecular formula is C15H24N2O3S2. The van der Waals surface area contributed by atoms with Gasteiger partial charge >= 0.3 is 0 Å². The maximum absolute atomic E-state index is 12.3. The van der Waals surface area contributed by atoms with E-state index in [9.17, 15) is 13.2 Å². The van der Waals surface area contributed by atoms with E-state index in [4.69, 9.17) is 5.73 Å². The molecule has 0 spiro atoms. The molecule has 0 radical (unpaired) electrons. The zero-order valence-corrected chi connectivity index (χ0v) is 14.7. The Kier molecular flexibility index (Phi) is 7.92. The summed E-state index contributed by atoms with van der Waals surface area (Å²) in [6, 6.07) is 6.84. The molecule has 0 saturated carbocycles. The summed E-state index contributed by atoms with van der Waals surface area (Å²) < 4.78 is 24.6. The summed E-state index contributed by atoms with van der Waals surface area (Å²) in [5.41, 5.74) is 5.39. The van der Waals surface area contributed by atoms with E-state index in [1.54, 1.807) is 31.2 Å². The number of amides is 1. The number of benzene rings is 1. The fourth-order valence-electron chi connectivity index (χ4n) is 1.88. The van der Waals surface area contributed by atoms with Crippen LogP contribution in [0, 0.1) is 0 Å². The number of rotatable bonds is 9. The van der Waals surface area contributed by atoms with Crippen LogP contribution in [0.5, 0.6) is 0 Å². The third-order valence-corrected chi connectivity index (χ3v) is 6.29. The Labute approximate surface area is 137 Å². The molecule has 0 aromatic heterocycles. The van der Waals surface area contributed by atoms with Gasteiger partial charge in [-0.15, -0.1) is 11.8 Å².